The predicted molar refractivity (Wildman–Crippen MR) is 61.8 cm³/mol. The van der Waals surface area contributed by atoms with Crippen LogP contribution in [0, 0.1) is 5.82 Å². The van der Waals surface area contributed by atoms with Crippen LogP contribution in [0.3, 0.4) is 0 Å². The minimum Gasteiger partial charge on any atom is -0.396 e. The molecule has 2 amide bonds. The fourth-order valence-electron chi connectivity index (χ4n) is 1.21. The largest absolute Gasteiger partial charge is 0.396 e. The molecule has 0 radical (unpaired) electrons. The molecule has 1 aromatic carbocycles. The molecule has 0 heterocycles. The lowest BCUT2D eigenvalue weighted by Gasteiger charge is -2.06. The van der Waals surface area contributed by atoms with Crippen LogP contribution >= 0.6 is 0 Å². The third-order valence-corrected chi connectivity index (χ3v) is 2.04. The molecule has 0 aliphatic heterocycles. The molecule has 0 aliphatic carbocycles. The minimum absolute atomic E-state index is 0.101. The molecule has 0 aromatic heterocycles. The molecule has 92 valence electrons. The third kappa shape index (κ3) is 3.75. The van der Waals surface area contributed by atoms with Gasteiger partial charge in [0.1, 0.15) is 5.82 Å². The van der Waals surface area contributed by atoms with Gasteiger partial charge in [0, 0.05) is 12.1 Å². The first-order valence-electron chi connectivity index (χ1n) is 5.14. The van der Waals surface area contributed by atoms with Crippen LogP contribution in [0.25, 0.3) is 0 Å². The van der Waals surface area contributed by atoms with E-state index in [1.165, 1.54) is 12.1 Å². The molecule has 5 nitrogen and oxygen atoms in total. The Balaban J connectivity index is 2.58. The van der Waals surface area contributed by atoms with Crippen molar-refractivity contribution >= 4 is 17.5 Å². The fraction of sp³-hybridized carbons (Fsp3) is 0.273. The number of nitrogens with two attached hydrogens (primary N) is 1. The summed E-state index contributed by atoms with van der Waals surface area (Å²) in [7, 11) is 0. The first-order valence-corrected chi connectivity index (χ1v) is 5.14. The molecule has 6 heteroatoms. The van der Waals surface area contributed by atoms with E-state index in [0.717, 1.165) is 6.07 Å². The van der Waals surface area contributed by atoms with Crippen molar-refractivity contribution in [3.8, 4) is 0 Å². The zero-order valence-corrected chi connectivity index (χ0v) is 9.42. The van der Waals surface area contributed by atoms with Crippen molar-refractivity contribution in [2.24, 2.45) is 0 Å². The van der Waals surface area contributed by atoms with E-state index in [-0.39, 0.29) is 23.7 Å². The van der Waals surface area contributed by atoms with Gasteiger partial charge in [-0.25, -0.2) is 4.39 Å². The number of hydrogen-bond acceptors (Lipinski definition) is 3. The quantitative estimate of drug-likeness (QED) is 0.659. The lowest BCUT2D eigenvalue weighted by atomic mass is 10.2. The summed E-state index contributed by atoms with van der Waals surface area (Å²) in [5, 5.41) is 4.94. The van der Waals surface area contributed by atoms with Crippen LogP contribution in [0.4, 0.5) is 10.1 Å². The molecule has 17 heavy (non-hydrogen) atoms. The summed E-state index contributed by atoms with van der Waals surface area (Å²) in [6.07, 6.45) is 0. The zero-order chi connectivity index (χ0) is 12.8. The Morgan fingerprint density at radius 1 is 1.35 bits per heavy atom. The smallest absolute Gasteiger partial charge is 0.251 e. The number of nitrogen functional groups attached to an aromatic ring is 1. The number of anilines is 1. The fourth-order valence-corrected chi connectivity index (χ4v) is 1.21. The Kier molecular flexibility index (Phi) is 4.45. The maximum Gasteiger partial charge on any atom is 0.251 e. The number of rotatable bonds is 4. The summed E-state index contributed by atoms with van der Waals surface area (Å²) < 4.78 is 12.9. The van der Waals surface area contributed by atoms with Gasteiger partial charge in [-0.3, -0.25) is 9.59 Å². The normalized spacial score (nSPS) is 9.76. The van der Waals surface area contributed by atoms with Gasteiger partial charge in [-0.05, 0) is 25.1 Å². The third-order valence-electron chi connectivity index (χ3n) is 2.04. The lowest BCUT2D eigenvalue weighted by Crippen LogP contribution is -2.36. The summed E-state index contributed by atoms with van der Waals surface area (Å²) in [5.41, 5.74) is 5.44. The molecular weight excluding hydrogens is 225 g/mol. The van der Waals surface area contributed by atoms with E-state index in [0.29, 0.717) is 6.54 Å². The van der Waals surface area contributed by atoms with Crippen LogP contribution < -0.4 is 16.4 Å². The van der Waals surface area contributed by atoms with Crippen molar-refractivity contribution in [1.82, 2.24) is 10.6 Å². The van der Waals surface area contributed by atoms with Crippen LogP contribution in [-0.2, 0) is 4.79 Å². The highest BCUT2D eigenvalue weighted by molar-refractivity contribution is 5.97. The molecular formula is C11H14FN3O2. The van der Waals surface area contributed by atoms with Crippen molar-refractivity contribution < 1.29 is 14.0 Å². The maximum atomic E-state index is 12.9. The molecule has 0 unspecified atom stereocenters. The Morgan fingerprint density at radius 2 is 2.06 bits per heavy atom. The van der Waals surface area contributed by atoms with Gasteiger partial charge in [0.05, 0.1) is 12.2 Å². The average molecular weight is 239 g/mol. The summed E-state index contributed by atoms with van der Waals surface area (Å²) in [6.45, 7) is 2.16. The summed E-state index contributed by atoms with van der Waals surface area (Å²) in [5.74, 6) is -1.33. The number of carbonyl (C=O) groups is 2. The molecule has 0 saturated heterocycles. The maximum absolute atomic E-state index is 12.9. The SMILES string of the molecule is CCNC(=O)CNC(=O)c1ccc(F)c(N)c1. The zero-order valence-electron chi connectivity index (χ0n) is 9.42. The second kappa shape index (κ2) is 5.83. The van der Waals surface area contributed by atoms with E-state index in [2.05, 4.69) is 10.6 Å². The number of amides is 2. The van der Waals surface area contributed by atoms with Crippen molar-refractivity contribution in [1.29, 1.82) is 0 Å². The Hall–Kier alpha value is -2.11. The molecule has 0 spiro atoms. The Morgan fingerprint density at radius 3 is 2.65 bits per heavy atom. The van der Waals surface area contributed by atoms with Crippen LogP contribution in [0.15, 0.2) is 18.2 Å². The molecule has 4 N–H and O–H groups in total. The monoisotopic (exact) mass is 239 g/mol. The number of nitrogens with one attached hydrogen (secondary N) is 2. The van der Waals surface area contributed by atoms with Crippen molar-refractivity contribution in [2.75, 3.05) is 18.8 Å². The highest BCUT2D eigenvalue weighted by atomic mass is 19.1. The Bertz CT molecular complexity index is 435. The van der Waals surface area contributed by atoms with Crippen molar-refractivity contribution in [3.05, 3.63) is 29.6 Å². The molecule has 0 atom stereocenters. The molecule has 0 bridgehead atoms. The summed E-state index contributed by atoms with van der Waals surface area (Å²) in [6, 6.07) is 3.64. The highest BCUT2D eigenvalue weighted by Crippen LogP contribution is 2.11. The van der Waals surface area contributed by atoms with Crippen LogP contribution in [0.5, 0.6) is 0 Å². The number of hydrogen-bond donors (Lipinski definition) is 3. The first-order chi connectivity index (χ1) is 8.04. The standard InChI is InChI=1S/C11H14FN3O2/c1-2-14-10(16)6-15-11(17)7-3-4-8(12)9(13)5-7/h3-5H,2,6,13H2,1H3,(H,14,16)(H,15,17). The van der Waals surface area contributed by atoms with Gasteiger partial charge in [0.2, 0.25) is 5.91 Å². The minimum atomic E-state index is -0.578. The Labute approximate surface area is 98.2 Å². The topological polar surface area (TPSA) is 84.2 Å². The average Bonchev–Trinajstić information content (AvgIpc) is 2.30. The van der Waals surface area contributed by atoms with E-state index < -0.39 is 11.7 Å². The lowest BCUT2D eigenvalue weighted by molar-refractivity contribution is -0.120. The predicted octanol–water partition coefficient (Wildman–Crippen LogP) is 0.274. The molecule has 0 aliphatic rings. The number of carbonyl (C=O) groups excluding carboxylic acids is 2. The van der Waals surface area contributed by atoms with E-state index in [4.69, 9.17) is 5.73 Å². The van der Waals surface area contributed by atoms with Crippen LogP contribution in [-0.4, -0.2) is 24.9 Å². The van der Waals surface area contributed by atoms with Crippen molar-refractivity contribution in [2.45, 2.75) is 6.92 Å². The van der Waals surface area contributed by atoms with Gasteiger partial charge in [-0.1, -0.05) is 0 Å². The van der Waals surface area contributed by atoms with E-state index in [1.54, 1.807) is 6.92 Å². The second-order valence-electron chi connectivity index (χ2n) is 3.37. The van der Waals surface area contributed by atoms with Gasteiger partial charge >= 0.3 is 0 Å². The summed E-state index contributed by atoms with van der Waals surface area (Å²) in [4.78, 5) is 22.6. The second-order valence-corrected chi connectivity index (χ2v) is 3.37. The number of likely N-dealkylation sites (N-methyl/N-ethyl adjacent to an activating group) is 1. The molecule has 0 fully saturated rings. The van der Waals surface area contributed by atoms with E-state index in [1.807, 2.05) is 0 Å². The number of benzene rings is 1. The highest BCUT2D eigenvalue weighted by Gasteiger charge is 2.09. The van der Waals surface area contributed by atoms with Gasteiger partial charge in [-0.15, -0.1) is 0 Å². The van der Waals surface area contributed by atoms with Crippen LogP contribution in [0.2, 0.25) is 0 Å². The van der Waals surface area contributed by atoms with Gasteiger partial charge in [0.15, 0.2) is 0 Å². The molecule has 0 saturated carbocycles. The first kappa shape index (κ1) is 13.0. The van der Waals surface area contributed by atoms with E-state index >= 15 is 0 Å². The van der Waals surface area contributed by atoms with E-state index in [9.17, 15) is 14.0 Å². The summed E-state index contributed by atoms with van der Waals surface area (Å²) >= 11 is 0. The molecule has 1 aromatic rings. The number of halogens is 1. The van der Waals surface area contributed by atoms with Crippen LogP contribution in [0.1, 0.15) is 17.3 Å². The van der Waals surface area contributed by atoms with Crippen molar-refractivity contribution in [3.63, 3.8) is 0 Å². The van der Waals surface area contributed by atoms with Gasteiger partial charge in [0.25, 0.3) is 5.91 Å². The van der Waals surface area contributed by atoms with Gasteiger partial charge in [-0.2, -0.15) is 0 Å². The molecule has 1 rings (SSSR count). The van der Waals surface area contributed by atoms with Gasteiger partial charge < -0.3 is 16.4 Å².